The Morgan fingerprint density at radius 3 is 1.59 bits per heavy atom. The molecule has 0 aromatic rings. The Balaban J connectivity index is 0.000000176. The van der Waals surface area contributed by atoms with Crippen LogP contribution < -0.4 is 0 Å². The van der Waals surface area contributed by atoms with E-state index < -0.39 is 58.6 Å². The zero-order valence-corrected chi connectivity index (χ0v) is 30.3. The lowest BCUT2D eigenvalue weighted by Gasteiger charge is -2.47. The lowest BCUT2D eigenvalue weighted by atomic mass is 9.99. The molecule has 310 valence electrons. The van der Waals surface area contributed by atoms with Crippen LogP contribution in [0, 0.1) is 0 Å². The van der Waals surface area contributed by atoms with Crippen LogP contribution in [0.4, 0.5) is 0 Å². The van der Waals surface area contributed by atoms with E-state index in [0.717, 1.165) is 36.8 Å². The minimum absolute atomic E-state index is 0. The first kappa shape index (κ1) is 45.0. The van der Waals surface area contributed by atoms with E-state index in [2.05, 4.69) is 4.89 Å². The molecular formula is C39H64O15. The van der Waals surface area contributed by atoms with Gasteiger partial charge < -0.3 is 28.8 Å². The van der Waals surface area contributed by atoms with Crippen molar-refractivity contribution < 1.29 is 73.1 Å². The van der Waals surface area contributed by atoms with Crippen LogP contribution in [0.1, 0.15) is 115 Å². The van der Waals surface area contributed by atoms with Crippen LogP contribution >= 0.6 is 0 Å². The zero-order chi connectivity index (χ0) is 36.3. The molecule has 0 aromatic carbocycles. The van der Waals surface area contributed by atoms with E-state index in [1.165, 1.54) is 0 Å². The third kappa shape index (κ3) is 8.18. The number of aliphatic hydroxyl groups is 1. The fourth-order valence-corrected chi connectivity index (χ4v) is 8.37. The van der Waals surface area contributed by atoms with Crippen LogP contribution in [-0.4, -0.2) is 107 Å². The summed E-state index contributed by atoms with van der Waals surface area (Å²) in [4.78, 5) is 49.4. The van der Waals surface area contributed by atoms with E-state index in [1.807, 2.05) is 39.8 Å². The minimum atomic E-state index is -0.809. The summed E-state index contributed by atoms with van der Waals surface area (Å²) in [6.07, 6.45) is 9.39. The van der Waals surface area contributed by atoms with Gasteiger partial charge >= 0.3 is 0 Å². The van der Waals surface area contributed by atoms with Gasteiger partial charge in [0, 0.05) is 38.5 Å². The van der Waals surface area contributed by atoms with Gasteiger partial charge in [0.05, 0.1) is 26.4 Å². The molecule has 5 aliphatic heterocycles. The van der Waals surface area contributed by atoms with Gasteiger partial charge in [0.1, 0.15) is 35.6 Å². The average molecular weight is 773 g/mol. The molecule has 15 nitrogen and oxygen atoms in total. The van der Waals surface area contributed by atoms with Crippen LogP contribution in [0.25, 0.3) is 0 Å². The quantitative estimate of drug-likeness (QED) is 0.177. The molecule has 0 bridgehead atoms. The zero-order valence-electron chi connectivity index (χ0n) is 30.3. The van der Waals surface area contributed by atoms with Gasteiger partial charge in [-0.1, -0.05) is 22.3 Å². The molecule has 6 fully saturated rings. The van der Waals surface area contributed by atoms with Gasteiger partial charge in [-0.25, -0.2) is 24.4 Å². The molecule has 2 N–H and O–H groups in total. The lowest BCUT2D eigenvalue weighted by Crippen LogP contribution is -2.59. The van der Waals surface area contributed by atoms with Crippen LogP contribution in [0.5, 0.6) is 0 Å². The molecular weight excluding hydrogens is 708 g/mol. The summed E-state index contributed by atoms with van der Waals surface area (Å²) in [6, 6.07) is 0. The smallest absolute Gasteiger partial charge is 0.206 e. The number of ketones is 1. The predicted octanol–water partition coefficient (Wildman–Crippen LogP) is 6.14. The molecule has 5 saturated heterocycles. The number of carbonyl (C=O) groups is 1. The number of fused-ring (bicyclic) bond motifs is 3. The Bertz CT molecular complexity index is 1410. The first-order valence-corrected chi connectivity index (χ1v) is 18.1. The molecule has 5 heterocycles. The number of rotatable bonds is 1. The van der Waals surface area contributed by atoms with Gasteiger partial charge in [0.15, 0.2) is 17.5 Å². The average Bonchev–Trinajstić information content (AvgIpc) is 3.80. The molecule has 3 spiro atoms. The molecule has 1 unspecified atom stereocenters. The van der Waals surface area contributed by atoms with Gasteiger partial charge in [-0.05, 0) is 89.3 Å². The van der Waals surface area contributed by atoms with E-state index in [-0.39, 0.29) is 34.2 Å². The van der Waals surface area contributed by atoms with Crippen molar-refractivity contribution in [2.24, 2.45) is 0 Å². The Kier molecular flexibility index (Phi) is 13.9. The van der Waals surface area contributed by atoms with Crippen molar-refractivity contribution in [1.82, 2.24) is 0 Å². The highest BCUT2D eigenvalue weighted by Gasteiger charge is 2.59. The second-order valence-corrected chi connectivity index (χ2v) is 15.7. The maximum Gasteiger partial charge on any atom is 0.206 e. The first-order valence-electron chi connectivity index (χ1n) is 18.1. The Morgan fingerprint density at radius 2 is 1.06 bits per heavy atom. The van der Waals surface area contributed by atoms with E-state index in [4.69, 9.17) is 58.3 Å². The third-order valence-electron chi connectivity index (χ3n) is 11.4. The topological polar surface area (TPSA) is 168 Å². The summed E-state index contributed by atoms with van der Waals surface area (Å²) in [5.41, 5.74) is 0.289. The Labute approximate surface area is 319 Å². The summed E-state index contributed by atoms with van der Waals surface area (Å²) >= 11 is 0. The largest absolute Gasteiger partial charge is 0.386 e. The van der Waals surface area contributed by atoms with E-state index in [1.54, 1.807) is 19.9 Å². The third-order valence-corrected chi connectivity index (χ3v) is 11.4. The number of ether oxygens (including phenoxy) is 5. The molecule has 1 saturated carbocycles. The fourth-order valence-electron chi connectivity index (χ4n) is 8.37. The molecule has 8 atom stereocenters. The summed E-state index contributed by atoms with van der Waals surface area (Å²) < 4.78 is 28.5. The van der Waals surface area contributed by atoms with E-state index in [9.17, 15) is 9.90 Å². The number of aliphatic hydroxyl groups excluding tert-OH is 1. The van der Waals surface area contributed by atoms with Crippen LogP contribution in [0.15, 0.2) is 34.9 Å². The van der Waals surface area contributed by atoms with Crippen molar-refractivity contribution in [3.63, 3.8) is 0 Å². The summed E-state index contributed by atoms with van der Waals surface area (Å²) in [7, 11) is 0. The van der Waals surface area contributed by atoms with Crippen molar-refractivity contribution in [1.29, 1.82) is 0 Å². The molecule has 4 aliphatic carbocycles. The van der Waals surface area contributed by atoms with Crippen LogP contribution in [0.3, 0.4) is 0 Å². The minimum Gasteiger partial charge on any atom is -0.386 e. The van der Waals surface area contributed by atoms with Gasteiger partial charge in [0.2, 0.25) is 17.4 Å². The van der Waals surface area contributed by atoms with E-state index >= 15 is 0 Å². The number of carbonyl (C=O) groups excluding carboxylic acids is 1. The maximum absolute atomic E-state index is 12.0. The summed E-state index contributed by atoms with van der Waals surface area (Å²) in [5.74, 6) is -2.21. The second-order valence-electron chi connectivity index (χ2n) is 15.7. The van der Waals surface area contributed by atoms with Gasteiger partial charge in [0.25, 0.3) is 0 Å². The molecule has 9 rings (SSSR count). The van der Waals surface area contributed by atoms with Crippen molar-refractivity contribution in [2.75, 3.05) is 26.4 Å². The molecule has 9 aliphatic rings. The Hall–Kier alpha value is -1.67. The highest BCUT2D eigenvalue weighted by molar-refractivity contribution is 6.02. The standard InChI is InChI=1S/C12H18O6.C12H16O5.C12H18O4.3CH4/c1-8-7-11(2)10(9(8)16-13)15-12(18-17-11)3-5-14-6-4-12;1-8-7-11(2)10(9(8)13)15-12(17-16-11)3-5-14-6-4-12;1-8-7-11(2)10(9(8)13)14-12(16-15-11)5-3-4-6-12;;;/h7,9-10,13H,3-6H2,1-2H3;7,10H,3-6H2,1-2H3;7,9-10,13H,3-6H2,1-2H3;3*1H4/t9-,10-,11+;10-,11+;9?,10-,11+;;;/m111.../s1. The SMILES string of the molecule is C.C.C.CC1=C[C@]2(C)OOC3(CCCC3)O[C@@H]2C1O.CC1=C[C@]2(C)OOC3(CCOCC3)O[C@@H]2C1=O.CC1=C[C@]2(C)OOC3(CCOCC3)O[C@@H]2[C@@H]1OO. The molecule has 15 heteroatoms. The van der Waals surface area contributed by atoms with Crippen molar-refractivity contribution in [3.05, 3.63) is 34.9 Å². The Morgan fingerprint density at radius 1 is 0.611 bits per heavy atom. The highest BCUT2D eigenvalue weighted by Crippen LogP contribution is 2.48. The van der Waals surface area contributed by atoms with Gasteiger partial charge in [-0.2, -0.15) is 9.78 Å². The van der Waals surface area contributed by atoms with Crippen molar-refractivity contribution >= 4 is 5.78 Å². The van der Waals surface area contributed by atoms with E-state index in [0.29, 0.717) is 57.7 Å². The second kappa shape index (κ2) is 16.7. The van der Waals surface area contributed by atoms with Gasteiger partial charge in [-0.15, -0.1) is 0 Å². The van der Waals surface area contributed by atoms with Crippen molar-refractivity contribution in [2.45, 2.75) is 180 Å². The maximum atomic E-state index is 12.0. The fraction of sp³-hybridized carbons (Fsp3) is 0.821. The first-order chi connectivity index (χ1) is 24.2. The van der Waals surface area contributed by atoms with Gasteiger partial charge in [-0.3, -0.25) is 10.1 Å². The molecule has 0 aromatic heterocycles. The molecule has 54 heavy (non-hydrogen) atoms. The normalized spacial score (nSPS) is 40.5. The number of Topliss-reactive ketones (excluding diaryl/α,β-unsaturated/α-hetero) is 1. The lowest BCUT2D eigenvalue weighted by molar-refractivity contribution is -0.530. The molecule has 0 radical (unpaired) electrons. The molecule has 0 amide bonds. The monoisotopic (exact) mass is 772 g/mol. The van der Waals surface area contributed by atoms with Crippen LogP contribution in [0.2, 0.25) is 0 Å². The number of hydrogen-bond acceptors (Lipinski definition) is 15. The predicted molar refractivity (Wildman–Crippen MR) is 193 cm³/mol. The van der Waals surface area contributed by atoms with Crippen molar-refractivity contribution in [3.8, 4) is 0 Å². The summed E-state index contributed by atoms with van der Waals surface area (Å²) in [6.45, 7) is 13.4. The number of hydrogen-bond donors (Lipinski definition) is 2. The highest BCUT2D eigenvalue weighted by atomic mass is 17.3. The summed E-state index contributed by atoms with van der Waals surface area (Å²) in [5, 5.41) is 19.1. The van der Waals surface area contributed by atoms with Crippen LogP contribution in [-0.2, 0) is 62.7 Å².